The largest absolute Gasteiger partial charge is 0.494 e. The first-order valence-corrected chi connectivity index (χ1v) is 11.7. The van der Waals surface area contributed by atoms with Gasteiger partial charge in [0.15, 0.2) is 0 Å². The summed E-state index contributed by atoms with van der Waals surface area (Å²) in [5, 5.41) is 7.22. The zero-order chi connectivity index (χ0) is 25.2. The van der Waals surface area contributed by atoms with Gasteiger partial charge in [-0.15, -0.1) is 0 Å². The van der Waals surface area contributed by atoms with Crippen molar-refractivity contribution in [2.45, 2.75) is 26.8 Å². The summed E-state index contributed by atoms with van der Waals surface area (Å²) in [4.78, 5) is 19.5. The summed E-state index contributed by atoms with van der Waals surface area (Å²) >= 11 is 0. The minimum atomic E-state index is -0.604. The van der Waals surface area contributed by atoms with Crippen molar-refractivity contribution in [2.24, 2.45) is 0 Å². The number of carbonyl (C=O) groups is 1. The van der Waals surface area contributed by atoms with Gasteiger partial charge in [0.1, 0.15) is 11.6 Å². The van der Waals surface area contributed by atoms with E-state index in [0.717, 1.165) is 16.9 Å². The first-order valence-electron chi connectivity index (χ1n) is 11.7. The summed E-state index contributed by atoms with van der Waals surface area (Å²) in [6.45, 7) is 6.31. The van der Waals surface area contributed by atoms with Gasteiger partial charge in [-0.2, -0.15) is 4.98 Å². The highest BCUT2D eigenvalue weighted by Crippen LogP contribution is 2.39. The summed E-state index contributed by atoms with van der Waals surface area (Å²) in [7, 11) is 0. The Kier molecular flexibility index (Phi) is 6.25. The van der Waals surface area contributed by atoms with E-state index in [9.17, 15) is 9.18 Å². The number of carbonyl (C=O) groups excluding carboxylic acids is 1. The van der Waals surface area contributed by atoms with Crippen molar-refractivity contribution in [1.29, 1.82) is 0 Å². The zero-order valence-electron chi connectivity index (χ0n) is 20.2. The van der Waals surface area contributed by atoms with Crippen LogP contribution in [0.2, 0.25) is 0 Å². The predicted molar refractivity (Wildman–Crippen MR) is 135 cm³/mol. The molecule has 7 nitrogen and oxygen atoms in total. The van der Waals surface area contributed by atoms with Crippen molar-refractivity contribution in [3.8, 4) is 17.1 Å². The smallest absolute Gasteiger partial charge is 0.326 e. The number of rotatable bonds is 6. The lowest BCUT2D eigenvalue weighted by Gasteiger charge is -2.35. The van der Waals surface area contributed by atoms with Gasteiger partial charge < -0.3 is 14.6 Å². The Balaban J connectivity index is 1.61. The SMILES string of the molecule is CCOc1ccc(-c2noc(C3=C(C)N(c4cccc(C)c4)C(=O)NC3c3ccc(F)cc3)n2)cc1. The van der Waals surface area contributed by atoms with Crippen LogP contribution in [0.4, 0.5) is 14.9 Å². The van der Waals surface area contributed by atoms with Gasteiger partial charge in [-0.3, -0.25) is 4.90 Å². The van der Waals surface area contributed by atoms with Crippen LogP contribution in [0.15, 0.2) is 83.0 Å². The molecule has 1 N–H and O–H groups in total. The second kappa shape index (κ2) is 9.65. The minimum absolute atomic E-state index is 0.267. The van der Waals surface area contributed by atoms with Crippen molar-refractivity contribution in [3.05, 3.63) is 101 Å². The highest BCUT2D eigenvalue weighted by molar-refractivity contribution is 6.01. The van der Waals surface area contributed by atoms with Gasteiger partial charge in [0, 0.05) is 11.3 Å². The Labute approximate surface area is 208 Å². The quantitative estimate of drug-likeness (QED) is 0.348. The number of nitrogens with one attached hydrogen (secondary N) is 1. The Hall–Kier alpha value is -4.46. The van der Waals surface area contributed by atoms with Crippen molar-refractivity contribution < 1.29 is 18.4 Å². The van der Waals surface area contributed by atoms with Gasteiger partial charge in [-0.1, -0.05) is 29.4 Å². The van der Waals surface area contributed by atoms with Crippen LogP contribution in [-0.2, 0) is 0 Å². The number of aryl methyl sites for hydroxylation is 1. The van der Waals surface area contributed by atoms with Crippen LogP contribution in [-0.4, -0.2) is 22.8 Å². The fraction of sp³-hybridized carbons (Fsp3) is 0.179. The maximum absolute atomic E-state index is 13.7. The average molecular weight is 485 g/mol. The molecule has 182 valence electrons. The second-order valence-electron chi connectivity index (χ2n) is 8.49. The number of ether oxygens (including phenoxy) is 1. The van der Waals surface area contributed by atoms with Gasteiger partial charge >= 0.3 is 6.03 Å². The number of allylic oxidation sites excluding steroid dienone is 1. The molecular weight excluding hydrogens is 459 g/mol. The van der Waals surface area contributed by atoms with Crippen molar-refractivity contribution in [3.63, 3.8) is 0 Å². The number of anilines is 1. The van der Waals surface area contributed by atoms with Crippen LogP contribution in [0.1, 0.15) is 36.9 Å². The van der Waals surface area contributed by atoms with Crippen LogP contribution < -0.4 is 15.0 Å². The summed E-state index contributed by atoms with van der Waals surface area (Å²) in [5.74, 6) is 1.07. The fourth-order valence-corrected chi connectivity index (χ4v) is 4.32. The Morgan fingerprint density at radius 1 is 1.06 bits per heavy atom. The molecule has 3 aromatic carbocycles. The Morgan fingerprint density at radius 3 is 2.50 bits per heavy atom. The Morgan fingerprint density at radius 2 is 1.81 bits per heavy atom. The summed E-state index contributed by atoms with van der Waals surface area (Å²) in [6.07, 6.45) is 0. The van der Waals surface area contributed by atoms with Crippen LogP contribution in [0.3, 0.4) is 0 Å². The molecule has 0 saturated heterocycles. The normalized spacial score (nSPS) is 15.7. The molecule has 1 aliphatic rings. The van der Waals surface area contributed by atoms with Gasteiger partial charge in [-0.05, 0) is 80.4 Å². The molecule has 0 fully saturated rings. The molecule has 4 aromatic rings. The number of benzene rings is 3. The maximum atomic E-state index is 13.7. The van der Waals surface area contributed by atoms with Crippen LogP contribution >= 0.6 is 0 Å². The van der Waals surface area contributed by atoms with Crippen LogP contribution in [0, 0.1) is 12.7 Å². The highest BCUT2D eigenvalue weighted by atomic mass is 19.1. The minimum Gasteiger partial charge on any atom is -0.494 e. The van der Waals surface area contributed by atoms with Gasteiger partial charge in [0.25, 0.3) is 5.89 Å². The summed E-state index contributed by atoms with van der Waals surface area (Å²) in [6, 6.07) is 20.2. The van der Waals surface area contributed by atoms with E-state index in [1.807, 2.05) is 69.3 Å². The molecule has 0 saturated carbocycles. The third-order valence-electron chi connectivity index (χ3n) is 6.03. The lowest BCUT2D eigenvalue weighted by molar-refractivity contribution is 0.244. The van der Waals surface area contributed by atoms with E-state index in [0.29, 0.717) is 35.0 Å². The number of nitrogens with zero attached hydrogens (tertiary/aromatic N) is 3. The van der Waals surface area contributed by atoms with E-state index in [1.165, 1.54) is 12.1 Å². The van der Waals surface area contributed by atoms with E-state index in [-0.39, 0.29) is 17.7 Å². The first kappa shape index (κ1) is 23.3. The van der Waals surface area contributed by atoms with Crippen LogP contribution in [0.25, 0.3) is 17.0 Å². The van der Waals surface area contributed by atoms with Crippen LogP contribution in [0.5, 0.6) is 5.75 Å². The number of hydrogen-bond donors (Lipinski definition) is 1. The predicted octanol–water partition coefficient (Wildman–Crippen LogP) is 6.28. The second-order valence-corrected chi connectivity index (χ2v) is 8.49. The maximum Gasteiger partial charge on any atom is 0.326 e. The zero-order valence-corrected chi connectivity index (χ0v) is 20.2. The molecular formula is C28H25FN4O3. The van der Waals surface area contributed by atoms with Crippen molar-refractivity contribution in [2.75, 3.05) is 11.5 Å². The van der Waals surface area contributed by atoms with Crippen molar-refractivity contribution >= 4 is 17.3 Å². The van der Waals surface area contributed by atoms with E-state index in [1.54, 1.807) is 17.0 Å². The third-order valence-corrected chi connectivity index (χ3v) is 6.03. The van der Waals surface area contributed by atoms with Crippen molar-refractivity contribution in [1.82, 2.24) is 15.5 Å². The molecule has 0 radical (unpaired) electrons. The molecule has 0 bridgehead atoms. The fourth-order valence-electron chi connectivity index (χ4n) is 4.32. The molecule has 1 unspecified atom stereocenters. The number of hydrogen-bond acceptors (Lipinski definition) is 5. The molecule has 5 rings (SSSR count). The van der Waals surface area contributed by atoms with Gasteiger partial charge in [0.2, 0.25) is 5.82 Å². The molecule has 1 aliphatic heterocycles. The number of halogens is 1. The number of amides is 2. The molecule has 1 aromatic heterocycles. The first-order chi connectivity index (χ1) is 17.4. The molecule has 1 atom stereocenters. The average Bonchev–Trinajstić information content (AvgIpc) is 3.35. The van der Waals surface area contributed by atoms with E-state index < -0.39 is 6.04 Å². The lowest BCUT2D eigenvalue weighted by atomic mass is 9.94. The molecule has 2 amide bonds. The molecule has 36 heavy (non-hydrogen) atoms. The monoisotopic (exact) mass is 484 g/mol. The molecule has 8 heteroatoms. The highest BCUT2D eigenvalue weighted by Gasteiger charge is 2.36. The number of urea groups is 1. The van der Waals surface area contributed by atoms with E-state index >= 15 is 0 Å². The number of aromatic nitrogens is 2. The van der Waals surface area contributed by atoms with E-state index in [2.05, 4.69) is 15.5 Å². The summed E-state index contributed by atoms with van der Waals surface area (Å²) in [5.41, 5.74) is 4.47. The topological polar surface area (TPSA) is 80.5 Å². The standard InChI is InChI=1S/C28H25FN4O3/c1-4-35-23-14-10-20(11-15-23)26-31-27(36-32-26)24-18(3)33(22-7-5-6-17(2)16-22)28(34)30-25(24)19-8-12-21(29)13-9-19/h5-16,25H,4H2,1-3H3,(H,30,34). The molecule has 0 spiro atoms. The van der Waals surface area contributed by atoms with E-state index in [4.69, 9.17) is 9.26 Å². The Bertz CT molecular complexity index is 1430. The molecule has 0 aliphatic carbocycles. The van der Waals surface area contributed by atoms with Gasteiger partial charge in [0.05, 0.1) is 23.9 Å². The lowest BCUT2D eigenvalue weighted by Crippen LogP contribution is -2.46. The van der Waals surface area contributed by atoms with Gasteiger partial charge in [-0.25, -0.2) is 9.18 Å². The summed E-state index contributed by atoms with van der Waals surface area (Å²) < 4.78 is 24.9. The third kappa shape index (κ3) is 4.45. The molecule has 2 heterocycles.